The highest BCUT2D eigenvalue weighted by Crippen LogP contribution is 2.35. The standard InChI is InChI=1S/C16H20F3NO4/c1-2-9-24-13-8-7-11(16(17,18)19)10-12(13)20-14(21)5-3-4-6-15(22)23/h7-8,10H,2-6,9H2,1H3,(H,20,21)(H,22,23). The number of ether oxygens (including phenoxy) is 1. The molecule has 0 atom stereocenters. The van der Waals surface area contributed by atoms with Crippen LogP contribution in [0.1, 0.15) is 44.6 Å². The van der Waals surface area contributed by atoms with Gasteiger partial charge in [-0.2, -0.15) is 13.2 Å². The molecule has 0 aliphatic rings. The van der Waals surface area contributed by atoms with E-state index >= 15 is 0 Å². The Bertz CT molecular complexity index is 573. The van der Waals surface area contributed by atoms with Gasteiger partial charge in [0, 0.05) is 12.8 Å². The number of carbonyl (C=O) groups excluding carboxylic acids is 1. The van der Waals surface area contributed by atoms with Crippen molar-refractivity contribution in [3.63, 3.8) is 0 Å². The summed E-state index contributed by atoms with van der Waals surface area (Å²) < 4.78 is 43.8. The second-order valence-corrected chi connectivity index (χ2v) is 5.21. The van der Waals surface area contributed by atoms with Gasteiger partial charge in [-0.25, -0.2) is 0 Å². The molecule has 1 rings (SSSR count). The fourth-order valence-electron chi connectivity index (χ4n) is 1.92. The Morgan fingerprint density at radius 3 is 2.46 bits per heavy atom. The molecule has 5 nitrogen and oxygen atoms in total. The van der Waals surface area contributed by atoms with Crippen LogP contribution in [0.4, 0.5) is 18.9 Å². The molecule has 1 amide bonds. The molecule has 0 aromatic heterocycles. The van der Waals surface area contributed by atoms with Crippen LogP contribution in [0, 0.1) is 0 Å². The van der Waals surface area contributed by atoms with E-state index in [0.717, 1.165) is 12.1 Å². The van der Waals surface area contributed by atoms with Crippen molar-refractivity contribution in [1.29, 1.82) is 0 Å². The van der Waals surface area contributed by atoms with E-state index in [1.807, 2.05) is 6.92 Å². The summed E-state index contributed by atoms with van der Waals surface area (Å²) in [6, 6.07) is 2.91. The third kappa shape index (κ3) is 6.89. The first-order valence-corrected chi connectivity index (χ1v) is 7.59. The Hall–Kier alpha value is -2.25. The second-order valence-electron chi connectivity index (χ2n) is 5.21. The van der Waals surface area contributed by atoms with Crippen LogP contribution in [0.15, 0.2) is 18.2 Å². The zero-order valence-electron chi connectivity index (χ0n) is 13.3. The SMILES string of the molecule is CCCOc1ccc(C(F)(F)F)cc1NC(=O)CCCCC(=O)O. The number of rotatable bonds is 9. The molecular formula is C16H20F3NO4. The largest absolute Gasteiger partial charge is 0.491 e. The lowest BCUT2D eigenvalue weighted by atomic mass is 10.1. The van der Waals surface area contributed by atoms with Crippen LogP contribution in [0.3, 0.4) is 0 Å². The van der Waals surface area contributed by atoms with Crippen molar-refractivity contribution in [2.75, 3.05) is 11.9 Å². The Morgan fingerprint density at radius 1 is 1.21 bits per heavy atom. The Morgan fingerprint density at radius 2 is 1.88 bits per heavy atom. The second kappa shape index (κ2) is 9.14. The number of hydrogen-bond acceptors (Lipinski definition) is 3. The van der Waals surface area contributed by atoms with Gasteiger partial charge in [0.05, 0.1) is 17.9 Å². The third-order valence-electron chi connectivity index (χ3n) is 3.09. The van der Waals surface area contributed by atoms with Crippen molar-refractivity contribution >= 4 is 17.6 Å². The van der Waals surface area contributed by atoms with Crippen LogP contribution < -0.4 is 10.1 Å². The number of alkyl halides is 3. The molecule has 0 aliphatic carbocycles. The number of anilines is 1. The van der Waals surface area contributed by atoms with E-state index in [4.69, 9.17) is 9.84 Å². The predicted octanol–water partition coefficient (Wildman–Crippen LogP) is 4.08. The quantitative estimate of drug-likeness (QED) is 0.660. The topological polar surface area (TPSA) is 75.6 Å². The molecule has 134 valence electrons. The zero-order chi connectivity index (χ0) is 18.2. The van der Waals surface area contributed by atoms with Crippen LogP contribution in [0.25, 0.3) is 0 Å². The number of carbonyl (C=O) groups is 2. The summed E-state index contributed by atoms with van der Waals surface area (Å²) in [4.78, 5) is 22.2. The maximum Gasteiger partial charge on any atom is 0.416 e. The van der Waals surface area contributed by atoms with Crippen molar-refractivity contribution in [1.82, 2.24) is 0 Å². The summed E-state index contributed by atoms with van der Waals surface area (Å²) in [5, 5.41) is 10.9. The van der Waals surface area contributed by atoms with Gasteiger partial charge < -0.3 is 15.2 Å². The molecule has 0 heterocycles. The number of nitrogens with one attached hydrogen (secondary N) is 1. The van der Waals surface area contributed by atoms with Gasteiger partial charge in [-0.05, 0) is 37.5 Å². The van der Waals surface area contributed by atoms with E-state index in [1.54, 1.807) is 0 Å². The normalized spacial score (nSPS) is 11.2. The molecule has 0 bridgehead atoms. The Labute approximate surface area is 137 Å². The van der Waals surface area contributed by atoms with Crippen molar-refractivity contribution in [3.8, 4) is 5.75 Å². The first-order valence-electron chi connectivity index (χ1n) is 7.59. The lowest BCUT2D eigenvalue weighted by molar-refractivity contribution is -0.138. The molecule has 1 aromatic rings. The molecule has 8 heteroatoms. The summed E-state index contributed by atoms with van der Waals surface area (Å²) in [5.74, 6) is -1.27. The summed E-state index contributed by atoms with van der Waals surface area (Å²) in [5.41, 5.74) is -0.922. The summed E-state index contributed by atoms with van der Waals surface area (Å²) >= 11 is 0. The van der Waals surface area contributed by atoms with E-state index in [9.17, 15) is 22.8 Å². The first-order chi connectivity index (χ1) is 11.2. The molecule has 1 aromatic carbocycles. The number of carboxylic acid groups (broad SMARTS) is 1. The van der Waals surface area contributed by atoms with Gasteiger partial charge in [0.1, 0.15) is 5.75 Å². The first kappa shape index (κ1) is 19.8. The van der Waals surface area contributed by atoms with E-state index in [0.29, 0.717) is 25.9 Å². The van der Waals surface area contributed by atoms with Crippen LogP contribution in [0.5, 0.6) is 5.75 Å². The van der Waals surface area contributed by atoms with E-state index < -0.39 is 23.6 Å². The van der Waals surface area contributed by atoms with Crippen LogP contribution >= 0.6 is 0 Å². The Balaban J connectivity index is 2.77. The highest BCUT2D eigenvalue weighted by atomic mass is 19.4. The van der Waals surface area contributed by atoms with Crippen molar-refractivity contribution in [2.24, 2.45) is 0 Å². The maximum absolute atomic E-state index is 12.8. The third-order valence-corrected chi connectivity index (χ3v) is 3.09. The predicted molar refractivity (Wildman–Crippen MR) is 82.0 cm³/mol. The lowest BCUT2D eigenvalue weighted by Crippen LogP contribution is -2.14. The van der Waals surface area contributed by atoms with Gasteiger partial charge in [0.2, 0.25) is 5.91 Å². The summed E-state index contributed by atoms with van der Waals surface area (Å²) in [7, 11) is 0. The fraction of sp³-hybridized carbons (Fsp3) is 0.500. The molecule has 0 spiro atoms. The maximum atomic E-state index is 12.8. The van der Waals surface area contributed by atoms with Crippen LogP contribution in [0.2, 0.25) is 0 Å². The summed E-state index contributed by atoms with van der Waals surface area (Å²) in [6.45, 7) is 2.16. The van der Waals surface area contributed by atoms with Crippen LogP contribution in [-0.2, 0) is 15.8 Å². The molecule has 0 saturated heterocycles. The average Bonchev–Trinajstić information content (AvgIpc) is 2.49. The number of halogens is 3. The number of unbranched alkanes of at least 4 members (excludes halogenated alkanes) is 1. The van der Waals surface area contributed by atoms with Gasteiger partial charge >= 0.3 is 12.1 Å². The highest BCUT2D eigenvalue weighted by Gasteiger charge is 2.31. The molecule has 2 N–H and O–H groups in total. The monoisotopic (exact) mass is 347 g/mol. The Kier molecular flexibility index (Phi) is 7.54. The fourth-order valence-corrected chi connectivity index (χ4v) is 1.92. The van der Waals surface area contributed by atoms with E-state index in [2.05, 4.69) is 5.32 Å². The molecule has 0 saturated carbocycles. The highest BCUT2D eigenvalue weighted by molar-refractivity contribution is 5.92. The number of amides is 1. The molecular weight excluding hydrogens is 327 g/mol. The van der Waals surface area contributed by atoms with Gasteiger partial charge in [-0.3, -0.25) is 9.59 Å². The van der Waals surface area contributed by atoms with E-state index in [1.165, 1.54) is 6.07 Å². The number of benzene rings is 1. The minimum atomic E-state index is -4.52. The average molecular weight is 347 g/mol. The van der Waals surface area contributed by atoms with Crippen molar-refractivity contribution < 1.29 is 32.6 Å². The van der Waals surface area contributed by atoms with Gasteiger partial charge in [0.25, 0.3) is 0 Å². The number of carboxylic acids is 1. The van der Waals surface area contributed by atoms with Crippen molar-refractivity contribution in [2.45, 2.75) is 45.2 Å². The molecule has 0 unspecified atom stereocenters. The van der Waals surface area contributed by atoms with Crippen molar-refractivity contribution in [3.05, 3.63) is 23.8 Å². The van der Waals surface area contributed by atoms with E-state index in [-0.39, 0.29) is 24.3 Å². The minimum Gasteiger partial charge on any atom is -0.491 e. The molecule has 24 heavy (non-hydrogen) atoms. The molecule has 0 radical (unpaired) electrons. The summed E-state index contributed by atoms with van der Waals surface area (Å²) in [6.07, 6.45) is -3.22. The van der Waals surface area contributed by atoms with Gasteiger partial charge in [-0.15, -0.1) is 0 Å². The number of aliphatic carboxylic acids is 1. The van der Waals surface area contributed by atoms with Crippen LogP contribution in [-0.4, -0.2) is 23.6 Å². The smallest absolute Gasteiger partial charge is 0.416 e. The zero-order valence-corrected chi connectivity index (χ0v) is 13.3. The molecule has 0 fully saturated rings. The lowest BCUT2D eigenvalue weighted by Gasteiger charge is -2.15. The van der Waals surface area contributed by atoms with Gasteiger partial charge in [-0.1, -0.05) is 6.92 Å². The number of hydrogen-bond donors (Lipinski definition) is 2. The minimum absolute atomic E-state index is 0.0245. The molecule has 0 aliphatic heterocycles. The van der Waals surface area contributed by atoms with Gasteiger partial charge in [0.15, 0.2) is 0 Å².